The lowest BCUT2D eigenvalue weighted by molar-refractivity contribution is -0.121. The summed E-state index contributed by atoms with van der Waals surface area (Å²) < 4.78 is 0. The van der Waals surface area contributed by atoms with Gasteiger partial charge in [-0.1, -0.05) is 43.2 Å². The maximum Gasteiger partial charge on any atom is 0.252 e. The number of fused-ring (bicyclic) bond motifs is 1. The Morgan fingerprint density at radius 1 is 1.09 bits per heavy atom. The highest BCUT2D eigenvalue weighted by Gasteiger charge is 2.42. The molecule has 1 aromatic heterocycles. The highest BCUT2D eigenvalue weighted by atomic mass is 16.2. The Bertz CT molecular complexity index is 787. The van der Waals surface area contributed by atoms with Gasteiger partial charge in [-0.15, -0.1) is 0 Å². The first-order valence-electron chi connectivity index (χ1n) is 7.99. The van der Waals surface area contributed by atoms with Crippen LogP contribution in [0.4, 0.5) is 5.95 Å². The summed E-state index contributed by atoms with van der Waals surface area (Å²) in [5.41, 5.74) is 4.37. The van der Waals surface area contributed by atoms with E-state index in [1.54, 1.807) is 0 Å². The average Bonchev–Trinajstić information content (AvgIpc) is 2.92. The van der Waals surface area contributed by atoms with Crippen LogP contribution in [0.25, 0.3) is 11.3 Å². The Morgan fingerprint density at radius 3 is 2.65 bits per heavy atom. The molecule has 6 heteroatoms. The monoisotopic (exact) mass is 310 g/mol. The first-order chi connectivity index (χ1) is 11.2. The van der Waals surface area contributed by atoms with Gasteiger partial charge in [0.1, 0.15) is 0 Å². The van der Waals surface area contributed by atoms with Crippen molar-refractivity contribution in [2.24, 2.45) is 5.92 Å². The predicted molar refractivity (Wildman–Crippen MR) is 86.7 cm³/mol. The molecule has 1 saturated heterocycles. The van der Waals surface area contributed by atoms with Crippen molar-refractivity contribution in [3.8, 4) is 11.3 Å². The lowest BCUT2D eigenvalue weighted by Crippen LogP contribution is -2.39. The number of amides is 1. The summed E-state index contributed by atoms with van der Waals surface area (Å²) >= 11 is 0. The third-order valence-electron chi connectivity index (χ3n) is 4.61. The number of rotatable bonds is 2. The summed E-state index contributed by atoms with van der Waals surface area (Å²) in [5.74, 6) is 0.272. The number of hydrogen-bond acceptors (Lipinski definition) is 4. The van der Waals surface area contributed by atoms with Crippen LogP contribution in [0.15, 0.2) is 41.2 Å². The minimum atomic E-state index is -0.265. The molecule has 4 rings (SSSR count). The molecule has 118 valence electrons. The van der Waals surface area contributed by atoms with Gasteiger partial charge < -0.3 is 0 Å². The number of aromatic amines is 1. The second-order valence-corrected chi connectivity index (χ2v) is 6.12. The molecule has 1 aromatic carbocycles. The van der Waals surface area contributed by atoms with Crippen molar-refractivity contribution in [1.29, 1.82) is 0 Å². The van der Waals surface area contributed by atoms with Crippen LogP contribution in [0.1, 0.15) is 25.7 Å². The second-order valence-electron chi connectivity index (χ2n) is 6.12. The molecule has 2 heterocycles. The Hall–Kier alpha value is -2.47. The first kappa shape index (κ1) is 14.1. The largest absolute Gasteiger partial charge is 0.291 e. The summed E-state index contributed by atoms with van der Waals surface area (Å²) in [5, 5.41) is 1.43. The molecule has 0 spiro atoms. The quantitative estimate of drug-likeness (QED) is 0.887. The Kier molecular flexibility index (Phi) is 3.46. The van der Waals surface area contributed by atoms with Crippen molar-refractivity contribution in [3.05, 3.63) is 46.8 Å². The van der Waals surface area contributed by atoms with Gasteiger partial charge in [0.15, 0.2) is 0 Å². The molecular formula is C17H18N4O2. The minimum absolute atomic E-state index is 0.00283. The molecule has 2 atom stereocenters. The Morgan fingerprint density at radius 2 is 1.87 bits per heavy atom. The average molecular weight is 310 g/mol. The molecule has 2 unspecified atom stereocenters. The first-order valence-corrected chi connectivity index (χ1v) is 7.99. The van der Waals surface area contributed by atoms with Gasteiger partial charge in [0.2, 0.25) is 11.9 Å². The normalized spacial score (nSPS) is 23.8. The number of hydrazine groups is 1. The molecule has 1 aliphatic heterocycles. The van der Waals surface area contributed by atoms with Gasteiger partial charge in [0, 0.05) is 17.7 Å². The third-order valence-corrected chi connectivity index (χ3v) is 4.61. The number of anilines is 1. The number of carbonyl (C=O) groups is 1. The number of nitrogens with one attached hydrogen (secondary N) is 2. The maximum atomic E-state index is 12.6. The van der Waals surface area contributed by atoms with Crippen LogP contribution < -0.4 is 16.0 Å². The van der Waals surface area contributed by atoms with Gasteiger partial charge in [0.25, 0.3) is 5.56 Å². The van der Waals surface area contributed by atoms with Crippen LogP contribution in [0.3, 0.4) is 0 Å². The minimum Gasteiger partial charge on any atom is -0.291 e. The van der Waals surface area contributed by atoms with Crippen LogP contribution >= 0.6 is 0 Å². The SMILES string of the molecule is O=C1C2CCCCC2NN1c1nc(-c2ccccc2)cc(=O)[nH]1. The van der Waals surface area contributed by atoms with Crippen LogP contribution in [-0.4, -0.2) is 21.9 Å². The zero-order valence-electron chi connectivity index (χ0n) is 12.7. The Labute approximate surface area is 133 Å². The molecule has 2 fully saturated rings. The summed E-state index contributed by atoms with van der Waals surface area (Å²) in [6, 6.07) is 11.1. The molecule has 1 amide bonds. The fourth-order valence-electron chi connectivity index (χ4n) is 3.45. The second kappa shape index (κ2) is 5.62. The van der Waals surface area contributed by atoms with E-state index < -0.39 is 0 Å². The molecule has 0 bridgehead atoms. The molecule has 2 N–H and O–H groups in total. The van der Waals surface area contributed by atoms with Crippen molar-refractivity contribution < 1.29 is 4.79 Å². The highest BCUT2D eigenvalue weighted by molar-refractivity contribution is 5.95. The van der Waals surface area contributed by atoms with Gasteiger partial charge in [-0.25, -0.2) is 15.4 Å². The van der Waals surface area contributed by atoms with Crippen LogP contribution in [-0.2, 0) is 4.79 Å². The zero-order valence-corrected chi connectivity index (χ0v) is 12.7. The van der Waals surface area contributed by atoms with E-state index in [-0.39, 0.29) is 29.4 Å². The van der Waals surface area contributed by atoms with E-state index in [1.807, 2.05) is 30.3 Å². The van der Waals surface area contributed by atoms with E-state index in [0.717, 1.165) is 31.2 Å². The van der Waals surface area contributed by atoms with Crippen LogP contribution in [0.5, 0.6) is 0 Å². The van der Waals surface area contributed by atoms with Crippen molar-refractivity contribution in [2.75, 3.05) is 5.01 Å². The fraction of sp³-hybridized carbons (Fsp3) is 0.353. The third kappa shape index (κ3) is 2.55. The number of H-pyrrole nitrogens is 1. The summed E-state index contributed by atoms with van der Waals surface area (Å²) in [6.45, 7) is 0. The van der Waals surface area contributed by atoms with E-state index in [1.165, 1.54) is 11.1 Å². The van der Waals surface area contributed by atoms with Crippen LogP contribution in [0, 0.1) is 5.92 Å². The standard InChI is InChI=1S/C17H18N4O2/c22-15-10-14(11-6-2-1-3-7-11)18-17(19-15)21-16(23)12-8-4-5-9-13(12)20-21/h1-3,6-7,10,12-13,20H,4-5,8-9H2,(H,18,19,22). The van der Waals surface area contributed by atoms with E-state index in [0.29, 0.717) is 5.69 Å². The van der Waals surface area contributed by atoms with Gasteiger partial charge in [0.05, 0.1) is 11.6 Å². The van der Waals surface area contributed by atoms with Crippen molar-refractivity contribution in [3.63, 3.8) is 0 Å². The van der Waals surface area contributed by atoms with E-state index in [9.17, 15) is 9.59 Å². The van der Waals surface area contributed by atoms with Crippen molar-refractivity contribution in [1.82, 2.24) is 15.4 Å². The fourth-order valence-corrected chi connectivity index (χ4v) is 3.45. The predicted octanol–water partition coefficient (Wildman–Crippen LogP) is 1.85. The lowest BCUT2D eigenvalue weighted by atomic mass is 9.86. The van der Waals surface area contributed by atoms with Gasteiger partial charge >= 0.3 is 0 Å². The Balaban J connectivity index is 1.71. The van der Waals surface area contributed by atoms with E-state index in [2.05, 4.69) is 15.4 Å². The number of hydrogen-bond donors (Lipinski definition) is 2. The number of carbonyl (C=O) groups excluding carboxylic acids is 1. The maximum absolute atomic E-state index is 12.6. The molecule has 1 aliphatic carbocycles. The van der Waals surface area contributed by atoms with E-state index >= 15 is 0 Å². The van der Waals surface area contributed by atoms with Gasteiger partial charge in [-0.05, 0) is 12.8 Å². The molecule has 2 aliphatic rings. The van der Waals surface area contributed by atoms with Crippen molar-refractivity contribution >= 4 is 11.9 Å². The van der Waals surface area contributed by atoms with E-state index in [4.69, 9.17) is 0 Å². The van der Waals surface area contributed by atoms with Crippen molar-refractivity contribution in [2.45, 2.75) is 31.7 Å². The molecule has 6 nitrogen and oxygen atoms in total. The van der Waals surface area contributed by atoms with Gasteiger partial charge in [-0.3, -0.25) is 14.6 Å². The number of benzene rings is 1. The molecule has 2 aromatic rings. The highest BCUT2D eigenvalue weighted by Crippen LogP contribution is 2.31. The summed E-state index contributed by atoms with van der Waals surface area (Å²) in [7, 11) is 0. The van der Waals surface area contributed by atoms with Gasteiger partial charge in [-0.2, -0.15) is 0 Å². The number of nitrogens with zero attached hydrogens (tertiary/aromatic N) is 2. The smallest absolute Gasteiger partial charge is 0.252 e. The zero-order chi connectivity index (χ0) is 15.8. The molecule has 0 radical (unpaired) electrons. The molecule has 23 heavy (non-hydrogen) atoms. The summed E-state index contributed by atoms with van der Waals surface area (Å²) in [6.07, 6.45) is 4.09. The topological polar surface area (TPSA) is 78.1 Å². The number of aromatic nitrogens is 2. The molecular weight excluding hydrogens is 292 g/mol. The van der Waals surface area contributed by atoms with Crippen LogP contribution in [0.2, 0.25) is 0 Å². The summed E-state index contributed by atoms with van der Waals surface area (Å²) in [4.78, 5) is 31.8. The lowest BCUT2D eigenvalue weighted by Gasteiger charge is -2.21. The molecule has 1 saturated carbocycles.